The third-order valence-electron chi connectivity index (χ3n) is 6.55. The predicted octanol–water partition coefficient (Wildman–Crippen LogP) is 6.14. The molecule has 0 saturated heterocycles. The van der Waals surface area contributed by atoms with E-state index in [2.05, 4.69) is 5.32 Å². The van der Waals surface area contributed by atoms with Crippen molar-refractivity contribution < 1.29 is 9.53 Å². The summed E-state index contributed by atoms with van der Waals surface area (Å²) in [6, 6.07) is 21.0. The molecular formula is C28H32ClN3O3. The van der Waals surface area contributed by atoms with Crippen LogP contribution in [0.4, 0.5) is 4.79 Å². The van der Waals surface area contributed by atoms with E-state index >= 15 is 0 Å². The molecule has 6 nitrogen and oxygen atoms in total. The largest absolute Gasteiger partial charge is 0.449 e. The Morgan fingerprint density at radius 2 is 1.80 bits per heavy atom. The molecule has 0 aliphatic heterocycles. The normalized spacial score (nSPS) is 20.3. The second kappa shape index (κ2) is 10.2. The lowest BCUT2D eigenvalue weighted by molar-refractivity contribution is 0.0838. The van der Waals surface area contributed by atoms with Gasteiger partial charge < -0.3 is 10.1 Å². The first-order valence-electron chi connectivity index (χ1n) is 12.0. The number of hydrogen-bond acceptors (Lipinski definition) is 4. The zero-order valence-corrected chi connectivity index (χ0v) is 21.2. The van der Waals surface area contributed by atoms with E-state index in [9.17, 15) is 9.59 Å². The summed E-state index contributed by atoms with van der Waals surface area (Å²) in [6.07, 6.45) is 2.52. The number of rotatable bonds is 5. The first-order valence-corrected chi connectivity index (χ1v) is 12.4. The molecule has 0 atom stereocenters. The molecule has 1 aliphatic rings. The number of ether oxygens (including phenoxy) is 1. The highest BCUT2D eigenvalue weighted by Crippen LogP contribution is 2.43. The lowest BCUT2D eigenvalue weighted by Crippen LogP contribution is -2.44. The average Bonchev–Trinajstić information content (AvgIpc) is 2.83. The number of carbonyl (C=O) groups excluding carboxylic acids is 1. The quantitative estimate of drug-likeness (QED) is 0.463. The molecule has 3 aromatic rings. The van der Waals surface area contributed by atoms with Crippen LogP contribution in [-0.2, 0) is 10.2 Å². The van der Waals surface area contributed by atoms with Crippen molar-refractivity contribution in [3.63, 3.8) is 0 Å². The number of aromatic nitrogens is 2. The molecule has 184 valence electrons. The van der Waals surface area contributed by atoms with E-state index in [0.717, 1.165) is 42.5 Å². The summed E-state index contributed by atoms with van der Waals surface area (Å²) in [5.74, 6) is 0. The molecule has 0 spiro atoms. The zero-order valence-electron chi connectivity index (χ0n) is 20.5. The average molecular weight is 494 g/mol. The van der Waals surface area contributed by atoms with Gasteiger partial charge in [-0.15, -0.1) is 0 Å². The molecule has 1 aromatic heterocycles. The van der Waals surface area contributed by atoms with E-state index in [-0.39, 0.29) is 29.2 Å². The van der Waals surface area contributed by atoms with E-state index in [4.69, 9.17) is 21.4 Å². The minimum atomic E-state index is -0.436. The Bertz CT molecular complexity index is 1230. The summed E-state index contributed by atoms with van der Waals surface area (Å²) >= 11 is 6.32. The highest BCUT2D eigenvalue weighted by atomic mass is 35.5. The predicted molar refractivity (Wildman–Crippen MR) is 139 cm³/mol. The molecule has 4 rings (SSSR count). The molecule has 0 radical (unpaired) electrons. The van der Waals surface area contributed by atoms with Crippen LogP contribution in [0.25, 0.3) is 11.3 Å². The van der Waals surface area contributed by atoms with Gasteiger partial charge in [-0.05, 0) is 70.2 Å². The Morgan fingerprint density at radius 3 is 2.46 bits per heavy atom. The molecule has 0 bridgehead atoms. The van der Waals surface area contributed by atoms with Gasteiger partial charge in [-0.3, -0.25) is 4.79 Å². The molecule has 2 aromatic carbocycles. The summed E-state index contributed by atoms with van der Waals surface area (Å²) in [5, 5.41) is 8.21. The third kappa shape index (κ3) is 6.12. The van der Waals surface area contributed by atoms with E-state index in [0.29, 0.717) is 5.02 Å². The lowest BCUT2D eigenvalue weighted by Gasteiger charge is -2.40. The van der Waals surface area contributed by atoms with Gasteiger partial charge in [-0.1, -0.05) is 54.1 Å². The molecule has 1 amide bonds. The monoisotopic (exact) mass is 493 g/mol. The molecule has 0 unspecified atom stereocenters. The van der Waals surface area contributed by atoms with Gasteiger partial charge in [0.25, 0.3) is 5.56 Å². The molecule has 1 fully saturated rings. The van der Waals surface area contributed by atoms with Crippen LogP contribution in [0.15, 0.2) is 71.5 Å². The fraction of sp³-hybridized carbons (Fsp3) is 0.393. The van der Waals surface area contributed by atoms with Crippen LogP contribution in [-0.4, -0.2) is 28.0 Å². The van der Waals surface area contributed by atoms with E-state index < -0.39 is 6.09 Å². The van der Waals surface area contributed by atoms with Crippen LogP contribution < -0.4 is 10.9 Å². The standard InChI is InChI=1S/C28H32ClN3O3/c1-27(2,3)30-26(34)35-19-28(21-10-7-11-22(29)18-21)16-14-23(15-17-28)32-25(33)13-12-24(31-32)20-8-5-4-6-9-20/h4-13,18,23H,14-17,19H2,1-3H3,(H,30,34). The van der Waals surface area contributed by atoms with Crippen molar-refractivity contribution in [2.45, 2.75) is 63.5 Å². The van der Waals surface area contributed by atoms with Gasteiger partial charge in [0.1, 0.15) is 6.61 Å². The van der Waals surface area contributed by atoms with Crippen molar-refractivity contribution in [1.82, 2.24) is 15.1 Å². The lowest BCUT2D eigenvalue weighted by atomic mass is 9.68. The number of nitrogens with zero attached hydrogens (tertiary/aromatic N) is 2. The van der Waals surface area contributed by atoms with Crippen LogP contribution in [0, 0.1) is 0 Å². The van der Waals surface area contributed by atoms with Crippen molar-refractivity contribution in [1.29, 1.82) is 0 Å². The van der Waals surface area contributed by atoms with Gasteiger partial charge in [-0.25, -0.2) is 9.48 Å². The van der Waals surface area contributed by atoms with Crippen LogP contribution in [0.1, 0.15) is 58.1 Å². The summed E-state index contributed by atoms with van der Waals surface area (Å²) in [4.78, 5) is 25.2. The highest BCUT2D eigenvalue weighted by molar-refractivity contribution is 6.30. The number of alkyl carbamates (subject to hydrolysis) is 1. The number of halogens is 1. The molecule has 1 N–H and O–H groups in total. The van der Waals surface area contributed by atoms with Gasteiger partial charge in [0.2, 0.25) is 0 Å². The first-order chi connectivity index (χ1) is 16.7. The van der Waals surface area contributed by atoms with Gasteiger partial charge in [0.05, 0.1) is 11.7 Å². The van der Waals surface area contributed by atoms with Crippen molar-refractivity contribution in [3.05, 3.63) is 87.7 Å². The highest BCUT2D eigenvalue weighted by Gasteiger charge is 2.39. The maximum Gasteiger partial charge on any atom is 0.407 e. The van der Waals surface area contributed by atoms with Crippen LogP contribution >= 0.6 is 11.6 Å². The van der Waals surface area contributed by atoms with Crippen molar-refractivity contribution in [2.24, 2.45) is 0 Å². The third-order valence-corrected chi connectivity index (χ3v) is 6.78. The van der Waals surface area contributed by atoms with E-state index in [1.807, 2.05) is 75.4 Å². The number of hydrogen-bond donors (Lipinski definition) is 1. The smallest absolute Gasteiger partial charge is 0.407 e. The number of carbonyl (C=O) groups is 1. The van der Waals surface area contributed by atoms with Crippen molar-refractivity contribution >= 4 is 17.7 Å². The van der Waals surface area contributed by atoms with Gasteiger partial charge in [-0.2, -0.15) is 5.10 Å². The van der Waals surface area contributed by atoms with E-state index in [1.165, 1.54) is 0 Å². The SMILES string of the molecule is CC(C)(C)NC(=O)OCC1(c2cccc(Cl)c2)CCC(n2nc(-c3ccccc3)ccc2=O)CC1. The molecular weight excluding hydrogens is 462 g/mol. The number of nitrogens with one attached hydrogen (secondary N) is 1. The number of benzene rings is 2. The molecule has 1 heterocycles. The van der Waals surface area contributed by atoms with Gasteiger partial charge in [0.15, 0.2) is 0 Å². The zero-order chi connectivity index (χ0) is 25.1. The molecule has 1 aliphatic carbocycles. The topological polar surface area (TPSA) is 73.2 Å². The number of amides is 1. The van der Waals surface area contributed by atoms with Crippen LogP contribution in [0.2, 0.25) is 5.02 Å². The second-order valence-corrected chi connectivity index (χ2v) is 10.8. The maximum absolute atomic E-state index is 12.7. The molecule has 35 heavy (non-hydrogen) atoms. The van der Waals surface area contributed by atoms with Crippen LogP contribution in [0.5, 0.6) is 0 Å². The minimum absolute atomic E-state index is 0.0260. The summed E-state index contributed by atoms with van der Waals surface area (Å²) in [6.45, 7) is 6.00. The summed E-state index contributed by atoms with van der Waals surface area (Å²) in [5.41, 5.74) is 1.94. The van der Waals surface area contributed by atoms with Crippen molar-refractivity contribution in [2.75, 3.05) is 6.61 Å². The van der Waals surface area contributed by atoms with Gasteiger partial charge in [0, 0.05) is 27.6 Å². The Balaban J connectivity index is 1.56. The minimum Gasteiger partial charge on any atom is -0.449 e. The molecule has 1 saturated carbocycles. The first kappa shape index (κ1) is 25.0. The van der Waals surface area contributed by atoms with Gasteiger partial charge >= 0.3 is 6.09 Å². The summed E-state index contributed by atoms with van der Waals surface area (Å²) in [7, 11) is 0. The maximum atomic E-state index is 12.7. The van der Waals surface area contributed by atoms with Crippen LogP contribution in [0.3, 0.4) is 0 Å². The summed E-state index contributed by atoms with van der Waals surface area (Å²) < 4.78 is 7.34. The van der Waals surface area contributed by atoms with E-state index in [1.54, 1.807) is 16.8 Å². The Labute approximate surface area is 211 Å². The second-order valence-electron chi connectivity index (χ2n) is 10.3. The Morgan fingerprint density at radius 1 is 1.09 bits per heavy atom. The Kier molecular flexibility index (Phi) is 7.31. The van der Waals surface area contributed by atoms with Crippen molar-refractivity contribution in [3.8, 4) is 11.3 Å². The molecule has 7 heteroatoms. The Hall–Kier alpha value is -3.12. The fourth-order valence-corrected chi connectivity index (χ4v) is 4.92. The fourth-order valence-electron chi connectivity index (χ4n) is 4.73.